The molecule has 0 amide bonds. The van der Waals surface area contributed by atoms with Crippen LogP contribution in [0.1, 0.15) is 23.0 Å². The van der Waals surface area contributed by atoms with Gasteiger partial charge in [-0.3, -0.25) is 9.89 Å². The molecule has 0 saturated heterocycles. The van der Waals surface area contributed by atoms with Gasteiger partial charge in [-0.25, -0.2) is 0 Å². The van der Waals surface area contributed by atoms with E-state index in [9.17, 15) is 4.79 Å². The van der Waals surface area contributed by atoms with Gasteiger partial charge in [-0.1, -0.05) is 6.92 Å². The Morgan fingerprint density at radius 3 is 3.08 bits per heavy atom. The number of H-pyrrole nitrogens is 1. The standard InChI is InChI=1S/C10H10N2O/c1-2-9-8-5-7(6-13)3-4-10(8)12-11-9/h3-6H,2H2,1H3,(H,11,12). The molecule has 3 heteroatoms. The minimum Gasteiger partial charge on any atom is -0.298 e. The summed E-state index contributed by atoms with van der Waals surface area (Å²) in [5.41, 5.74) is 2.70. The zero-order valence-corrected chi connectivity index (χ0v) is 7.37. The molecule has 13 heavy (non-hydrogen) atoms. The van der Waals surface area contributed by atoms with E-state index in [-0.39, 0.29) is 0 Å². The molecule has 2 rings (SSSR count). The Balaban J connectivity index is 2.71. The van der Waals surface area contributed by atoms with Gasteiger partial charge in [-0.2, -0.15) is 5.10 Å². The number of benzene rings is 1. The highest BCUT2D eigenvalue weighted by Gasteiger charge is 2.03. The molecule has 0 aliphatic rings. The van der Waals surface area contributed by atoms with Crippen molar-refractivity contribution in [2.24, 2.45) is 0 Å². The van der Waals surface area contributed by atoms with Gasteiger partial charge in [-0.15, -0.1) is 0 Å². The first kappa shape index (κ1) is 7.98. The van der Waals surface area contributed by atoms with Crippen molar-refractivity contribution < 1.29 is 4.79 Å². The van der Waals surface area contributed by atoms with Crippen LogP contribution < -0.4 is 0 Å². The van der Waals surface area contributed by atoms with Crippen molar-refractivity contribution >= 4 is 17.2 Å². The van der Waals surface area contributed by atoms with Crippen LogP contribution in [-0.2, 0) is 6.42 Å². The van der Waals surface area contributed by atoms with Crippen molar-refractivity contribution in [3.05, 3.63) is 29.5 Å². The fourth-order valence-corrected chi connectivity index (χ4v) is 1.43. The average Bonchev–Trinajstić information content (AvgIpc) is 2.59. The van der Waals surface area contributed by atoms with E-state index in [1.807, 2.05) is 19.1 Å². The number of carbonyl (C=O) groups excluding carboxylic acids is 1. The van der Waals surface area contributed by atoms with Gasteiger partial charge in [0.15, 0.2) is 0 Å². The zero-order valence-electron chi connectivity index (χ0n) is 7.37. The topological polar surface area (TPSA) is 45.8 Å². The van der Waals surface area contributed by atoms with Crippen molar-refractivity contribution in [1.29, 1.82) is 0 Å². The predicted molar refractivity (Wildman–Crippen MR) is 50.9 cm³/mol. The number of nitrogens with one attached hydrogen (secondary N) is 1. The van der Waals surface area contributed by atoms with Crippen molar-refractivity contribution in [2.75, 3.05) is 0 Å². The molecule has 66 valence electrons. The summed E-state index contributed by atoms with van der Waals surface area (Å²) >= 11 is 0. The number of rotatable bonds is 2. The van der Waals surface area contributed by atoms with E-state index < -0.39 is 0 Å². The lowest BCUT2D eigenvalue weighted by Gasteiger charge is -1.92. The Morgan fingerprint density at radius 1 is 1.54 bits per heavy atom. The van der Waals surface area contributed by atoms with Crippen LogP contribution in [0.5, 0.6) is 0 Å². The number of aromatic amines is 1. The second kappa shape index (κ2) is 3.01. The van der Waals surface area contributed by atoms with Crippen LogP contribution in [0.15, 0.2) is 18.2 Å². The molecule has 0 radical (unpaired) electrons. The summed E-state index contributed by atoms with van der Waals surface area (Å²) in [6.45, 7) is 2.04. The van der Waals surface area contributed by atoms with Gasteiger partial charge in [0.1, 0.15) is 6.29 Å². The summed E-state index contributed by atoms with van der Waals surface area (Å²) in [6.07, 6.45) is 1.73. The van der Waals surface area contributed by atoms with Crippen molar-refractivity contribution in [1.82, 2.24) is 10.2 Å². The number of hydrogen-bond donors (Lipinski definition) is 1. The number of aldehydes is 1. The molecule has 1 aromatic carbocycles. The summed E-state index contributed by atoms with van der Waals surface area (Å²) in [5.74, 6) is 0. The highest BCUT2D eigenvalue weighted by atomic mass is 16.1. The Bertz CT molecular complexity index is 445. The first-order valence-corrected chi connectivity index (χ1v) is 4.27. The summed E-state index contributed by atoms with van der Waals surface area (Å²) < 4.78 is 0. The van der Waals surface area contributed by atoms with E-state index >= 15 is 0 Å². The third-order valence-electron chi connectivity index (χ3n) is 2.14. The van der Waals surface area contributed by atoms with Crippen molar-refractivity contribution in [3.8, 4) is 0 Å². The number of aromatic nitrogens is 2. The van der Waals surface area contributed by atoms with Gasteiger partial charge in [0.05, 0.1) is 11.2 Å². The van der Waals surface area contributed by atoms with E-state index in [0.29, 0.717) is 5.56 Å². The first-order valence-electron chi connectivity index (χ1n) is 4.27. The van der Waals surface area contributed by atoms with E-state index in [1.54, 1.807) is 6.07 Å². The van der Waals surface area contributed by atoms with Crippen LogP contribution in [0.3, 0.4) is 0 Å². The van der Waals surface area contributed by atoms with E-state index in [4.69, 9.17) is 0 Å². The molecular formula is C10H10N2O. The molecule has 0 atom stereocenters. The maximum atomic E-state index is 10.5. The third kappa shape index (κ3) is 1.22. The molecule has 0 aliphatic carbocycles. The summed E-state index contributed by atoms with van der Waals surface area (Å²) in [7, 11) is 0. The molecule has 0 aliphatic heterocycles. The molecule has 0 bridgehead atoms. The monoisotopic (exact) mass is 174 g/mol. The maximum Gasteiger partial charge on any atom is 0.150 e. The van der Waals surface area contributed by atoms with Crippen LogP contribution in [0, 0.1) is 0 Å². The van der Waals surface area contributed by atoms with Crippen LogP contribution in [0.2, 0.25) is 0 Å². The molecule has 1 heterocycles. The molecule has 0 fully saturated rings. The van der Waals surface area contributed by atoms with Crippen LogP contribution in [-0.4, -0.2) is 16.5 Å². The van der Waals surface area contributed by atoms with Gasteiger partial charge in [0.2, 0.25) is 0 Å². The fourth-order valence-electron chi connectivity index (χ4n) is 1.43. The number of nitrogens with zero attached hydrogens (tertiary/aromatic N) is 1. The first-order chi connectivity index (χ1) is 6.35. The van der Waals surface area contributed by atoms with Gasteiger partial charge in [0, 0.05) is 10.9 Å². The van der Waals surface area contributed by atoms with E-state index in [0.717, 1.165) is 29.3 Å². The summed E-state index contributed by atoms with van der Waals surface area (Å²) in [5, 5.41) is 8.12. The number of hydrogen-bond acceptors (Lipinski definition) is 2. The highest BCUT2D eigenvalue weighted by Crippen LogP contribution is 2.17. The quantitative estimate of drug-likeness (QED) is 0.707. The molecule has 0 spiro atoms. The molecule has 0 unspecified atom stereocenters. The Hall–Kier alpha value is -1.64. The smallest absolute Gasteiger partial charge is 0.150 e. The minimum atomic E-state index is 0.698. The van der Waals surface area contributed by atoms with Gasteiger partial charge in [-0.05, 0) is 24.6 Å². The second-order valence-corrected chi connectivity index (χ2v) is 2.95. The van der Waals surface area contributed by atoms with Crippen LogP contribution in [0.4, 0.5) is 0 Å². The van der Waals surface area contributed by atoms with Crippen LogP contribution in [0.25, 0.3) is 10.9 Å². The largest absolute Gasteiger partial charge is 0.298 e. The van der Waals surface area contributed by atoms with Gasteiger partial charge in [0.25, 0.3) is 0 Å². The number of fused-ring (bicyclic) bond motifs is 1. The lowest BCUT2D eigenvalue weighted by molar-refractivity contribution is 0.112. The second-order valence-electron chi connectivity index (χ2n) is 2.95. The van der Waals surface area contributed by atoms with Crippen molar-refractivity contribution in [2.45, 2.75) is 13.3 Å². The average molecular weight is 174 g/mol. The normalized spacial score (nSPS) is 10.5. The molecule has 2 aromatic rings. The molecule has 1 N–H and O–H groups in total. The molecule has 0 saturated carbocycles. The summed E-state index contributed by atoms with van der Waals surface area (Å²) in [6, 6.07) is 5.53. The maximum absolute atomic E-state index is 10.5. The predicted octanol–water partition coefficient (Wildman–Crippen LogP) is 1.94. The Labute approximate surface area is 75.8 Å². The van der Waals surface area contributed by atoms with Crippen LogP contribution >= 0.6 is 0 Å². The Morgan fingerprint density at radius 2 is 2.38 bits per heavy atom. The lowest BCUT2D eigenvalue weighted by atomic mass is 10.1. The number of carbonyl (C=O) groups is 1. The zero-order chi connectivity index (χ0) is 9.26. The summed E-state index contributed by atoms with van der Waals surface area (Å²) in [4.78, 5) is 10.5. The lowest BCUT2D eigenvalue weighted by Crippen LogP contribution is -1.81. The molecule has 3 nitrogen and oxygen atoms in total. The number of aryl methyl sites for hydroxylation is 1. The Kier molecular flexibility index (Phi) is 1.85. The van der Waals surface area contributed by atoms with Crippen molar-refractivity contribution in [3.63, 3.8) is 0 Å². The minimum absolute atomic E-state index is 0.698. The SMILES string of the molecule is CCc1n[nH]c2ccc(C=O)cc12. The van der Waals surface area contributed by atoms with Gasteiger partial charge >= 0.3 is 0 Å². The third-order valence-corrected chi connectivity index (χ3v) is 2.14. The molecule has 1 aromatic heterocycles. The fraction of sp³-hybridized carbons (Fsp3) is 0.200. The van der Waals surface area contributed by atoms with E-state index in [2.05, 4.69) is 10.2 Å². The van der Waals surface area contributed by atoms with E-state index in [1.165, 1.54) is 0 Å². The van der Waals surface area contributed by atoms with Gasteiger partial charge < -0.3 is 0 Å². The highest BCUT2D eigenvalue weighted by molar-refractivity contribution is 5.88. The molecular weight excluding hydrogens is 164 g/mol.